The maximum absolute atomic E-state index is 12.6. The van der Waals surface area contributed by atoms with Crippen molar-refractivity contribution < 1.29 is 18.4 Å². The molecule has 11 heteroatoms. The molecule has 1 aliphatic carbocycles. The van der Waals surface area contributed by atoms with E-state index in [1.807, 2.05) is 6.07 Å². The van der Waals surface area contributed by atoms with Gasteiger partial charge in [0.1, 0.15) is 12.1 Å². The zero-order valence-electron chi connectivity index (χ0n) is 17.7. The summed E-state index contributed by atoms with van der Waals surface area (Å²) in [5, 5.41) is 14.9. The number of carbonyl (C=O) groups is 2. The largest absolute Gasteiger partial charge is 0.372 e. The van der Waals surface area contributed by atoms with Crippen LogP contribution in [0.15, 0.2) is 24.7 Å². The van der Waals surface area contributed by atoms with Gasteiger partial charge < -0.3 is 15.5 Å². The van der Waals surface area contributed by atoms with Crippen LogP contribution in [0.4, 0.5) is 20.3 Å². The van der Waals surface area contributed by atoms with E-state index in [1.54, 1.807) is 6.07 Å². The second kappa shape index (κ2) is 10.1. The molecule has 0 saturated heterocycles. The Hall–Kier alpha value is -3.68. The summed E-state index contributed by atoms with van der Waals surface area (Å²) in [4.78, 5) is 37.8. The zero-order chi connectivity index (χ0) is 23.3. The van der Waals surface area contributed by atoms with E-state index in [9.17, 15) is 23.6 Å². The number of amides is 2. The first-order valence-corrected chi connectivity index (χ1v) is 10.1. The minimum Gasteiger partial charge on any atom is -0.372 e. The van der Waals surface area contributed by atoms with Crippen LogP contribution in [0.25, 0.3) is 11.3 Å². The van der Waals surface area contributed by atoms with Crippen molar-refractivity contribution in [1.82, 2.24) is 19.9 Å². The van der Waals surface area contributed by atoms with Gasteiger partial charge in [-0.1, -0.05) is 6.42 Å². The van der Waals surface area contributed by atoms with Gasteiger partial charge in [-0.25, -0.2) is 18.7 Å². The predicted octanol–water partition coefficient (Wildman–Crippen LogP) is 2.67. The first kappa shape index (κ1) is 23.0. The number of likely N-dealkylation sites (N-methyl/N-ethyl adjacent to an activating group) is 1. The molecule has 168 valence electrons. The van der Waals surface area contributed by atoms with Gasteiger partial charge in [-0.05, 0) is 25.8 Å². The summed E-state index contributed by atoms with van der Waals surface area (Å²) in [6.45, 7) is 0.824. The van der Waals surface area contributed by atoms with E-state index in [2.05, 4.69) is 25.6 Å². The summed E-state index contributed by atoms with van der Waals surface area (Å²) in [5.41, 5.74) is 1.28. The molecule has 2 aromatic rings. The van der Waals surface area contributed by atoms with Gasteiger partial charge in [0.2, 0.25) is 11.8 Å². The van der Waals surface area contributed by atoms with Gasteiger partial charge in [-0.15, -0.1) is 0 Å². The summed E-state index contributed by atoms with van der Waals surface area (Å²) in [7, 11) is 1.29. The van der Waals surface area contributed by atoms with Crippen molar-refractivity contribution in [3.63, 3.8) is 0 Å². The van der Waals surface area contributed by atoms with E-state index in [1.165, 1.54) is 32.6 Å². The lowest BCUT2D eigenvalue weighted by atomic mass is 9.85. The van der Waals surface area contributed by atoms with Gasteiger partial charge in [-0.3, -0.25) is 14.6 Å². The first-order valence-electron chi connectivity index (χ1n) is 10.1. The third-order valence-electron chi connectivity index (χ3n) is 5.20. The van der Waals surface area contributed by atoms with Gasteiger partial charge in [0.25, 0.3) is 6.43 Å². The molecule has 0 bridgehead atoms. The number of pyridine rings is 1. The Bertz CT molecular complexity index is 1020. The van der Waals surface area contributed by atoms with E-state index in [0.717, 1.165) is 24.2 Å². The van der Waals surface area contributed by atoms with Crippen LogP contribution in [-0.2, 0) is 9.59 Å². The molecule has 2 N–H and O–H groups in total. The number of rotatable bonds is 8. The van der Waals surface area contributed by atoms with Gasteiger partial charge in [-0.2, -0.15) is 5.26 Å². The summed E-state index contributed by atoms with van der Waals surface area (Å²) in [6.07, 6.45) is 4.51. The average molecular weight is 443 g/mol. The van der Waals surface area contributed by atoms with Crippen molar-refractivity contribution in [1.29, 1.82) is 5.26 Å². The Morgan fingerprint density at radius 3 is 2.56 bits per heavy atom. The molecule has 1 saturated carbocycles. The maximum atomic E-state index is 12.6. The van der Waals surface area contributed by atoms with E-state index in [-0.39, 0.29) is 23.2 Å². The lowest BCUT2D eigenvalue weighted by molar-refractivity contribution is -0.132. The SMILES string of the molecule is C[C@H](Nc1cc(-c2cnc(NC(=O)C3CCC3)cn2)cnc1C#N)C(=O)N(C)CC(F)F. The molecule has 1 atom stereocenters. The minimum atomic E-state index is -2.64. The van der Waals surface area contributed by atoms with Crippen molar-refractivity contribution in [3.8, 4) is 17.3 Å². The number of hydrogen-bond donors (Lipinski definition) is 2. The fourth-order valence-corrected chi connectivity index (χ4v) is 3.17. The number of nitriles is 1. The molecule has 1 aliphatic rings. The predicted molar refractivity (Wildman–Crippen MR) is 113 cm³/mol. The van der Waals surface area contributed by atoms with Crippen LogP contribution in [0.2, 0.25) is 0 Å². The number of halogens is 2. The highest BCUT2D eigenvalue weighted by atomic mass is 19.3. The molecular formula is C21H23F2N7O2. The van der Waals surface area contributed by atoms with Crippen LogP contribution in [0, 0.1) is 17.2 Å². The lowest BCUT2D eigenvalue weighted by Gasteiger charge is -2.23. The van der Waals surface area contributed by atoms with Gasteiger partial charge >= 0.3 is 0 Å². The summed E-state index contributed by atoms with van der Waals surface area (Å²) < 4.78 is 25.1. The molecule has 0 unspecified atom stereocenters. The summed E-state index contributed by atoms with van der Waals surface area (Å²) in [5.74, 6) is -0.254. The number of anilines is 2. The highest BCUT2D eigenvalue weighted by Crippen LogP contribution is 2.27. The smallest absolute Gasteiger partial charge is 0.255 e. The number of alkyl halides is 2. The number of nitrogens with zero attached hydrogens (tertiary/aromatic N) is 5. The topological polar surface area (TPSA) is 124 Å². The number of hydrogen-bond acceptors (Lipinski definition) is 7. The zero-order valence-corrected chi connectivity index (χ0v) is 17.7. The Labute approximate surface area is 183 Å². The third-order valence-corrected chi connectivity index (χ3v) is 5.20. The Morgan fingerprint density at radius 1 is 1.25 bits per heavy atom. The van der Waals surface area contributed by atoms with Gasteiger partial charge in [0, 0.05) is 24.7 Å². The maximum Gasteiger partial charge on any atom is 0.255 e. The van der Waals surface area contributed by atoms with Gasteiger partial charge in [0.15, 0.2) is 11.5 Å². The van der Waals surface area contributed by atoms with E-state index in [0.29, 0.717) is 17.1 Å². The van der Waals surface area contributed by atoms with E-state index in [4.69, 9.17) is 0 Å². The quantitative estimate of drug-likeness (QED) is 0.643. The van der Waals surface area contributed by atoms with Crippen molar-refractivity contribution in [2.24, 2.45) is 5.92 Å². The molecule has 0 radical (unpaired) electrons. The van der Waals surface area contributed by atoms with Crippen LogP contribution in [0.1, 0.15) is 31.9 Å². The van der Waals surface area contributed by atoms with Crippen LogP contribution in [-0.4, -0.2) is 57.7 Å². The molecule has 0 aromatic carbocycles. The molecule has 2 heterocycles. The van der Waals surface area contributed by atoms with Crippen molar-refractivity contribution >= 4 is 23.3 Å². The second-order valence-electron chi connectivity index (χ2n) is 7.61. The fraction of sp³-hybridized carbons (Fsp3) is 0.429. The molecule has 2 aromatic heterocycles. The lowest BCUT2D eigenvalue weighted by Crippen LogP contribution is -2.41. The van der Waals surface area contributed by atoms with Crippen LogP contribution >= 0.6 is 0 Å². The van der Waals surface area contributed by atoms with Crippen LogP contribution in [0.3, 0.4) is 0 Å². The Balaban J connectivity index is 1.73. The standard InChI is InChI=1S/C21H23F2N7O2/c1-12(21(32)30(2)11-18(22)23)28-15-6-14(8-25-16(15)7-24)17-9-27-19(10-26-17)29-20(31)13-4-3-5-13/h6,8-10,12-13,18,28H,3-5,11H2,1-2H3,(H,27,29,31)/t12-/m0/s1. The number of carbonyl (C=O) groups excluding carboxylic acids is 2. The molecule has 3 rings (SSSR count). The minimum absolute atomic E-state index is 0.0253. The second-order valence-corrected chi connectivity index (χ2v) is 7.61. The van der Waals surface area contributed by atoms with Crippen molar-refractivity contribution in [3.05, 3.63) is 30.4 Å². The normalized spacial score (nSPS) is 14.2. The number of nitrogens with one attached hydrogen (secondary N) is 2. The highest BCUT2D eigenvalue weighted by molar-refractivity contribution is 5.92. The number of aromatic nitrogens is 3. The molecule has 9 nitrogen and oxygen atoms in total. The van der Waals surface area contributed by atoms with E-state index < -0.39 is 24.9 Å². The van der Waals surface area contributed by atoms with Crippen molar-refractivity contribution in [2.75, 3.05) is 24.2 Å². The molecule has 0 aliphatic heterocycles. The fourth-order valence-electron chi connectivity index (χ4n) is 3.17. The molecule has 32 heavy (non-hydrogen) atoms. The third kappa shape index (κ3) is 5.51. The first-order chi connectivity index (χ1) is 15.3. The Kier molecular flexibility index (Phi) is 7.25. The Morgan fingerprint density at radius 2 is 2.00 bits per heavy atom. The average Bonchev–Trinajstić information content (AvgIpc) is 2.71. The molecule has 2 amide bonds. The van der Waals surface area contributed by atoms with Gasteiger partial charge in [0.05, 0.1) is 30.3 Å². The van der Waals surface area contributed by atoms with Crippen LogP contribution < -0.4 is 10.6 Å². The highest BCUT2D eigenvalue weighted by Gasteiger charge is 2.25. The molecule has 1 fully saturated rings. The molecule has 0 spiro atoms. The summed E-state index contributed by atoms with van der Waals surface area (Å²) in [6, 6.07) is 2.65. The van der Waals surface area contributed by atoms with Crippen molar-refractivity contribution in [2.45, 2.75) is 38.7 Å². The summed E-state index contributed by atoms with van der Waals surface area (Å²) >= 11 is 0. The van der Waals surface area contributed by atoms with E-state index >= 15 is 0 Å². The van der Waals surface area contributed by atoms with Crippen LogP contribution in [0.5, 0.6) is 0 Å². The monoisotopic (exact) mass is 443 g/mol. The molecular weight excluding hydrogens is 420 g/mol.